The predicted molar refractivity (Wildman–Crippen MR) is 149 cm³/mol. The molecule has 0 spiro atoms. The van der Waals surface area contributed by atoms with Crippen LogP contribution < -0.4 is 0 Å². The molecule has 2 heterocycles. The summed E-state index contributed by atoms with van der Waals surface area (Å²) in [7, 11) is 0. The van der Waals surface area contributed by atoms with Gasteiger partial charge in [-0.15, -0.1) is 0 Å². The topological polar surface area (TPSA) is 9.86 Å². The quantitative estimate of drug-likeness (QED) is 0.189. The Morgan fingerprint density at radius 1 is 0.488 bits per heavy atom. The number of aromatic nitrogens is 2. The van der Waals surface area contributed by atoms with Crippen LogP contribution in [0.5, 0.6) is 0 Å². The summed E-state index contributed by atoms with van der Waals surface area (Å²) >= 11 is 0. The fraction of sp³-hybridized carbons (Fsp3) is 0.152. The molecule has 6 aromatic rings. The molecule has 0 radical (unpaired) electrons. The minimum absolute atomic E-state index is 0.376. The van der Waals surface area contributed by atoms with Gasteiger partial charge in [0, 0.05) is 40.0 Å². The Bertz CT molecular complexity index is 1740. The van der Waals surface area contributed by atoms with Gasteiger partial charge in [-0.3, -0.25) is 0 Å². The number of rotatable bonds is 4. The lowest BCUT2D eigenvalue weighted by molar-refractivity contribution is -0.138. The first-order valence-corrected chi connectivity index (χ1v) is 12.9. The summed E-state index contributed by atoms with van der Waals surface area (Å²) in [5.41, 5.74) is 1.18. The lowest BCUT2D eigenvalue weighted by Gasteiger charge is -2.25. The second-order valence-corrected chi connectivity index (χ2v) is 10.6. The smallest absolute Gasteiger partial charge is 0.316 e. The van der Waals surface area contributed by atoms with Gasteiger partial charge in [-0.2, -0.15) is 26.3 Å². The van der Waals surface area contributed by atoms with Crippen LogP contribution in [0.3, 0.4) is 0 Å². The van der Waals surface area contributed by atoms with E-state index in [4.69, 9.17) is 0 Å². The van der Waals surface area contributed by atoms with Crippen molar-refractivity contribution in [3.63, 3.8) is 0 Å². The molecule has 0 fully saturated rings. The average molecular weight is 563 g/mol. The van der Waals surface area contributed by atoms with Crippen molar-refractivity contribution in [3.8, 4) is 11.4 Å². The Morgan fingerprint density at radius 3 is 1.20 bits per heavy atom. The van der Waals surface area contributed by atoms with Crippen molar-refractivity contribution < 1.29 is 26.3 Å². The number of benzene rings is 4. The fourth-order valence-corrected chi connectivity index (χ4v) is 5.56. The molecule has 0 aliphatic heterocycles. The molecular formula is C33H24F6N2. The molecule has 0 atom stereocenters. The lowest BCUT2D eigenvalue weighted by Crippen LogP contribution is -2.18. The Labute approximate surface area is 232 Å². The molecule has 2 nitrogen and oxygen atoms in total. The number of halogens is 6. The standard InChI is InChI=1S/C33H24F6N2/c1-31(2,27-19-40(23-9-5-3-6-10-23)29-15-13-21(17-25(27)29)32(34,35)36)28-20-41(24-11-7-4-8-12-24)30-16-14-22(18-26(28)30)33(37,38)39/h3-20H,1-2H3. The monoisotopic (exact) mass is 562 g/mol. The van der Waals surface area contributed by atoms with Gasteiger partial charge in [-0.1, -0.05) is 50.2 Å². The van der Waals surface area contributed by atoms with Gasteiger partial charge in [0.05, 0.1) is 22.2 Å². The number of fused-ring (bicyclic) bond motifs is 2. The van der Waals surface area contributed by atoms with Crippen LogP contribution in [0.25, 0.3) is 33.2 Å². The first-order valence-electron chi connectivity index (χ1n) is 12.9. The largest absolute Gasteiger partial charge is 0.416 e. The van der Waals surface area contributed by atoms with Crippen molar-refractivity contribution in [1.82, 2.24) is 9.13 Å². The van der Waals surface area contributed by atoms with E-state index in [1.165, 1.54) is 12.1 Å². The highest BCUT2D eigenvalue weighted by Crippen LogP contribution is 2.45. The molecule has 0 saturated heterocycles. The highest BCUT2D eigenvalue weighted by molar-refractivity contribution is 5.92. The highest BCUT2D eigenvalue weighted by Gasteiger charge is 2.36. The molecule has 6 rings (SSSR count). The average Bonchev–Trinajstić information content (AvgIpc) is 3.52. The van der Waals surface area contributed by atoms with Gasteiger partial charge in [0.15, 0.2) is 0 Å². The summed E-state index contributed by atoms with van der Waals surface area (Å²) in [4.78, 5) is 0. The molecule has 208 valence electrons. The van der Waals surface area contributed by atoms with E-state index < -0.39 is 28.9 Å². The molecule has 4 aromatic carbocycles. The third-order valence-corrected chi connectivity index (χ3v) is 7.68. The van der Waals surface area contributed by atoms with E-state index in [0.717, 1.165) is 35.6 Å². The van der Waals surface area contributed by atoms with Gasteiger partial charge in [0.25, 0.3) is 0 Å². The zero-order valence-electron chi connectivity index (χ0n) is 22.1. The van der Waals surface area contributed by atoms with Crippen molar-refractivity contribution in [2.45, 2.75) is 31.6 Å². The first-order chi connectivity index (χ1) is 19.4. The molecule has 41 heavy (non-hydrogen) atoms. The summed E-state index contributed by atoms with van der Waals surface area (Å²) in [6.07, 6.45) is -5.54. The van der Waals surface area contributed by atoms with E-state index in [1.54, 1.807) is 12.4 Å². The van der Waals surface area contributed by atoms with Gasteiger partial charge < -0.3 is 9.13 Å². The molecule has 0 bridgehead atoms. The van der Waals surface area contributed by atoms with E-state index in [1.807, 2.05) is 83.6 Å². The fourth-order valence-electron chi connectivity index (χ4n) is 5.56. The van der Waals surface area contributed by atoms with Crippen LogP contribution >= 0.6 is 0 Å². The minimum Gasteiger partial charge on any atom is -0.316 e. The Kier molecular flexibility index (Phi) is 6.06. The molecule has 8 heteroatoms. The predicted octanol–water partition coefficient (Wildman–Crippen LogP) is 9.94. The van der Waals surface area contributed by atoms with Crippen LogP contribution in [0.15, 0.2) is 109 Å². The second kappa shape index (κ2) is 9.29. The molecule has 0 saturated carbocycles. The zero-order valence-corrected chi connectivity index (χ0v) is 22.1. The van der Waals surface area contributed by atoms with Crippen molar-refractivity contribution >= 4 is 21.8 Å². The molecule has 0 amide bonds. The molecule has 0 aliphatic carbocycles. The summed E-state index contributed by atoms with van der Waals surface area (Å²) in [6.45, 7) is 3.67. The Morgan fingerprint density at radius 2 is 0.854 bits per heavy atom. The van der Waals surface area contributed by atoms with Crippen LogP contribution in [0, 0.1) is 0 Å². The number of para-hydroxylation sites is 2. The molecule has 0 aliphatic rings. The van der Waals surface area contributed by atoms with Gasteiger partial charge >= 0.3 is 12.4 Å². The summed E-state index contributed by atoms with van der Waals surface area (Å²) in [5.74, 6) is 0. The number of hydrogen-bond acceptors (Lipinski definition) is 0. The van der Waals surface area contributed by atoms with Crippen LogP contribution in [0.4, 0.5) is 26.3 Å². The van der Waals surface area contributed by atoms with Crippen molar-refractivity contribution in [1.29, 1.82) is 0 Å². The lowest BCUT2D eigenvalue weighted by atomic mass is 9.77. The first kappa shape index (κ1) is 26.7. The van der Waals surface area contributed by atoms with Gasteiger partial charge in [0.2, 0.25) is 0 Å². The van der Waals surface area contributed by atoms with Crippen LogP contribution in [0.1, 0.15) is 36.1 Å². The maximum atomic E-state index is 13.8. The second-order valence-electron chi connectivity index (χ2n) is 10.6. The Balaban J connectivity index is 1.66. The van der Waals surface area contributed by atoms with Gasteiger partial charge in [-0.25, -0.2) is 0 Å². The SMILES string of the molecule is CC(C)(c1cn(-c2ccccc2)c2ccc(C(F)(F)F)cc12)c1cn(-c2ccccc2)c2ccc(C(F)(F)F)cc12. The Hall–Kier alpha value is -4.46. The van der Waals surface area contributed by atoms with E-state index in [-0.39, 0.29) is 0 Å². The normalized spacial score (nSPS) is 12.9. The summed E-state index contributed by atoms with van der Waals surface area (Å²) in [6, 6.07) is 25.7. The van der Waals surface area contributed by atoms with Crippen molar-refractivity contribution in [3.05, 3.63) is 132 Å². The molecule has 0 unspecified atom stereocenters. The third kappa shape index (κ3) is 4.57. The number of hydrogen-bond donors (Lipinski definition) is 0. The van der Waals surface area contributed by atoms with E-state index in [2.05, 4.69) is 0 Å². The molecule has 2 aromatic heterocycles. The summed E-state index contributed by atoms with van der Waals surface area (Å²) < 4.78 is 86.7. The highest BCUT2D eigenvalue weighted by atomic mass is 19.4. The van der Waals surface area contributed by atoms with E-state index in [9.17, 15) is 26.3 Å². The maximum Gasteiger partial charge on any atom is 0.416 e. The number of alkyl halides is 6. The maximum absolute atomic E-state index is 13.8. The van der Waals surface area contributed by atoms with Crippen LogP contribution in [0.2, 0.25) is 0 Å². The number of nitrogens with zero attached hydrogens (tertiary/aromatic N) is 2. The van der Waals surface area contributed by atoms with E-state index in [0.29, 0.717) is 32.9 Å². The van der Waals surface area contributed by atoms with Crippen molar-refractivity contribution in [2.75, 3.05) is 0 Å². The van der Waals surface area contributed by atoms with Crippen LogP contribution in [-0.2, 0) is 17.8 Å². The third-order valence-electron chi connectivity index (χ3n) is 7.68. The molecular weight excluding hydrogens is 538 g/mol. The van der Waals surface area contributed by atoms with E-state index >= 15 is 0 Å². The van der Waals surface area contributed by atoms with Gasteiger partial charge in [-0.05, 0) is 71.8 Å². The minimum atomic E-state index is -4.56. The zero-order chi connectivity index (χ0) is 29.2. The van der Waals surface area contributed by atoms with Gasteiger partial charge in [0.1, 0.15) is 0 Å². The van der Waals surface area contributed by atoms with Crippen LogP contribution in [-0.4, -0.2) is 9.13 Å². The summed E-state index contributed by atoms with van der Waals surface area (Å²) in [5, 5.41) is 0.752. The molecule has 0 N–H and O–H groups in total. The van der Waals surface area contributed by atoms with Crippen molar-refractivity contribution in [2.24, 2.45) is 0 Å².